The monoisotopic (exact) mass is 313 g/mol. The van der Waals surface area contributed by atoms with Crippen LogP contribution >= 0.6 is 0 Å². The molecule has 0 saturated carbocycles. The van der Waals surface area contributed by atoms with Crippen LogP contribution in [0.3, 0.4) is 0 Å². The third-order valence-electron chi connectivity index (χ3n) is 0.668. The van der Waals surface area contributed by atoms with Crippen molar-refractivity contribution in [2.45, 2.75) is 13.8 Å². The molecule has 0 unspecified atom stereocenters. The number of allylic oxidation sites excluding steroid dienone is 6. The summed E-state index contributed by atoms with van der Waals surface area (Å²) in [6, 6.07) is 0. The molecule has 0 rings (SSSR count). The van der Waals surface area contributed by atoms with Gasteiger partial charge in [0.1, 0.15) is 0 Å². The second-order valence-corrected chi connectivity index (χ2v) is 2.67. The minimum atomic E-state index is 0. The van der Waals surface area contributed by atoms with Crippen molar-refractivity contribution in [3.63, 3.8) is 0 Å². The van der Waals surface area contributed by atoms with Gasteiger partial charge < -0.3 is 0 Å². The molecule has 0 aliphatic rings. The van der Waals surface area contributed by atoms with Crippen LogP contribution < -0.4 is 0 Å². The van der Waals surface area contributed by atoms with Crippen molar-refractivity contribution in [3.05, 3.63) is 49.6 Å². The first-order valence-electron chi connectivity index (χ1n) is 4.00. The Morgan fingerprint density at radius 3 is 1.20 bits per heavy atom. The molecule has 15 heavy (non-hydrogen) atoms. The van der Waals surface area contributed by atoms with E-state index in [4.69, 9.17) is 13.2 Å². The predicted molar refractivity (Wildman–Crippen MR) is 59.5 cm³/mol. The number of hydrogen-bond donors (Lipinski definition) is 0. The van der Waals surface area contributed by atoms with Crippen LogP contribution in [0.25, 0.3) is 0 Å². The molecule has 0 aromatic heterocycles. The Balaban J connectivity index is -0.0000000590. The van der Waals surface area contributed by atoms with Crippen LogP contribution in [0, 0.1) is 13.2 Å². The Morgan fingerprint density at radius 1 is 0.800 bits per heavy atom. The first kappa shape index (κ1) is 24.6. The van der Waals surface area contributed by atoms with Crippen LogP contribution in [0.5, 0.6) is 0 Å². The molecule has 0 N–H and O–H groups in total. The fraction of sp³-hybridized carbons (Fsp3) is 0.167. The Hall–Kier alpha value is 0.453. The fourth-order valence-electron chi connectivity index (χ4n) is 0.197. The average molecular weight is 313 g/mol. The minimum Gasteiger partial charge on any atom is 0 e. The molecule has 0 aliphatic carbocycles. The van der Waals surface area contributed by atoms with Gasteiger partial charge in [0.05, 0.1) is 0 Å². The largest absolute Gasteiger partial charge is 0 e. The summed E-state index contributed by atoms with van der Waals surface area (Å²) < 4.78 is 3.65. The molecule has 0 atom stereocenters. The maximum absolute atomic E-state index is 4.93. The molecule has 0 aromatic rings. The van der Waals surface area contributed by atoms with Gasteiger partial charge in [0.15, 0.2) is 0 Å². The molecule has 0 spiro atoms. The van der Waals surface area contributed by atoms with E-state index in [1.54, 1.807) is 10.8 Å². The summed E-state index contributed by atoms with van der Waals surface area (Å²) in [7, 11) is 0. The van der Waals surface area contributed by atoms with Crippen molar-refractivity contribution < 1.29 is 52.5 Å². The number of hydrogen-bond acceptors (Lipinski definition) is 0. The molecule has 0 nitrogen and oxygen atoms in total. The summed E-state index contributed by atoms with van der Waals surface area (Å²) in [4.78, 5) is 0. The molecule has 81 valence electrons. The molecule has 0 bridgehead atoms. The van der Waals surface area contributed by atoms with Gasteiger partial charge in [-0.05, 0) is 0 Å². The van der Waals surface area contributed by atoms with Crippen LogP contribution in [-0.4, -0.2) is 9.46 Å². The second-order valence-electron chi connectivity index (χ2n) is 1.73. The zero-order valence-electron chi connectivity index (χ0n) is 9.12. The molecule has 0 aliphatic heterocycles. The van der Waals surface area contributed by atoms with Crippen LogP contribution in [0.2, 0.25) is 0 Å². The molecule has 0 fully saturated rings. The Bertz CT molecular complexity index is 169. The summed E-state index contributed by atoms with van der Waals surface area (Å²) in [5.41, 5.74) is 0. The molecule has 1 radical (unpaired) electrons. The molecular weight excluding hydrogens is 297 g/mol. The Labute approximate surface area is 124 Å². The van der Waals surface area contributed by atoms with E-state index in [1.165, 1.54) is 12.2 Å². The van der Waals surface area contributed by atoms with E-state index in [0.717, 1.165) is 0 Å². The summed E-state index contributed by atoms with van der Waals surface area (Å²) in [6.07, 6.45) is 10.6. The summed E-state index contributed by atoms with van der Waals surface area (Å²) >= 11 is 4.60. The van der Waals surface area contributed by atoms with E-state index in [9.17, 15) is 0 Å². The van der Waals surface area contributed by atoms with Crippen molar-refractivity contribution in [3.8, 4) is 0 Å². The van der Waals surface area contributed by atoms with Gasteiger partial charge >= 0.3 is 75.1 Å². The van der Waals surface area contributed by atoms with Gasteiger partial charge in [0, 0.05) is 18.6 Å². The van der Waals surface area contributed by atoms with Gasteiger partial charge in [-0.1, -0.05) is 6.92 Å². The van der Waals surface area contributed by atoms with Crippen molar-refractivity contribution in [2.24, 2.45) is 0 Å². The average Bonchev–Trinajstić information content (AvgIpc) is 2.22. The van der Waals surface area contributed by atoms with E-state index >= 15 is 0 Å². The van der Waals surface area contributed by atoms with Gasteiger partial charge in [0.2, 0.25) is 0 Å². The number of rotatable bonds is 3. The van der Waals surface area contributed by atoms with Crippen LogP contribution in [0.1, 0.15) is 13.8 Å². The SMILES string of the molecule is C/C=C/[CH]=[V].[CH-]=CC=CC.[CH-]=C[CH]=[V].[V]. The Kier molecular flexibility index (Phi) is 60.1. The van der Waals surface area contributed by atoms with Crippen molar-refractivity contribution in [2.75, 3.05) is 0 Å². The molecule has 0 aromatic carbocycles. The van der Waals surface area contributed by atoms with Crippen LogP contribution in [0.4, 0.5) is 0 Å². The summed E-state index contributed by atoms with van der Waals surface area (Å²) in [5.74, 6) is 0. The first-order chi connectivity index (χ1) is 6.74. The minimum absolute atomic E-state index is 0. The van der Waals surface area contributed by atoms with E-state index in [2.05, 4.69) is 34.0 Å². The van der Waals surface area contributed by atoms with Crippen LogP contribution in [0.15, 0.2) is 36.5 Å². The molecule has 0 amide bonds. The zero-order chi connectivity index (χ0) is 11.7. The molecule has 0 heterocycles. The van der Waals surface area contributed by atoms with Gasteiger partial charge in [-0.2, -0.15) is 6.08 Å². The van der Waals surface area contributed by atoms with Gasteiger partial charge in [-0.3, -0.25) is 6.58 Å². The van der Waals surface area contributed by atoms with Crippen LogP contribution in [-0.2, 0) is 52.5 Å². The third-order valence-corrected chi connectivity index (χ3v) is 1.21. The third kappa shape index (κ3) is 75.4. The molecule has 0 saturated heterocycles. The normalized spacial score (nSPS) is 7.20. The second kappa shape index (κ2) is 36.6. The zero-order valence-corrected chi connectivity index (χ0v) is 13.3. The smallest absolute Gasteiger partial charge is 0 e. The Morgan fingerprint density at radius 2 is 1.20 bits per heavy atom. The molecular formula is C12H16V3-2. The maximum Gasteiger partial charge on any atom is 0 e. The summed E-state index contributed by atoms with van der Waals surface area (Å²) in [6.45, 7) is 13.7. The predicted octanol–water partition coefficient (Wildman–Crippen LogP) is 2.79. The standard InChI is InChI=1S/C5H7.C4H6.C3H3.3V/c1-3-5-4-2;1-3-4-2;1-3-2;;;/h1,3-5H,2H3;1,3-4H,2H3;1-3H;;;/q-1;;-1;;;/b;4-3+;;;;. The summed E-state index contributed by atoms with van der Waals surface area (Å²) in [5, 5.41) is 0. The molecule has 3 heteroatoms. The van der Waals surface area contributed by atoms with Gasteiger partial charge in [-0.25, -0.2) is 12.2 Å². The van der Waals surface area contributed by atoms with Gasteiger partial charge in [0.25, 0.3) is 0 Å². The van der Waals surface area contributed by atoms with Gasteiger partial charge in [-0.15, -0.1) is 0 Å². The maximum atomic E-state index is 4.93. The van der Waals surface area contributed by atoms with E-state index in [1.807, 2.05) is 36.8 Å². The van der Waals surface area contributed by atoms with E-state index < -0.39 is 0 Å². The van der Waals surface area contributed by atoms with Crippen molar-refractivity contribution in [1.29, 1.82) is 0 Å². The van der Waals surface area contributed by atoms with Crippen molar-refractivity contribution >= 4 is 9.46 Å². The first-order valence-corrected chi connectivity index (χ1v) is 5.62. The van der Waals surface area contributed by atoms with E-state index in [-0.39, 0.29) is 18.6 Å². The van der Waals surface area contributed by atoms with Crippen molar-refractivity contribution in [1.82, 2.24) is 0 Å². The quantitative estimate of drug-likeness (QED) is 0.555. The fourth-order valence-corrected chi connectivity index (χ4v) is 0.466. The van der Waals surface area contributed by atoms with E-state index in [0.29, 0.717) is 0 Å². The topological polar surface area (TPSA) is 0 Å².